The average molecular weight is 292 g/mol. The summed E-state index contributed by atoms with van der Waals surface area (Å²) in [5, 5.41) is 13.8. The molecule has 2 aromatic carbocycles. The van der Waals surface area contributed by atoms with Gasteiger partial charge in [-0.15, -0.1) is 0 Å². The number of anilines is 1. The quantitative estimate of drug-likeness (QED) is 0.681. The van der Waals surface area contributed by atoms with Gasteiger partial charge < -0.3 is 5.32 Å². The van der Waals surface area contributed by atoms with Gasteiger partial charge in [-0.05, 0) is 42.7 Å². The van der Waals surface area contributed by atoms with Crippen molar-refractivity contribution in [2.24, 2.45) is 0 Å². The number of hydrogen-bond acceptors (Lipinski definition) is 3. The number of benzene rings is 2. The van der Waals surface area contributed by atoms with E-state index in [1.165, 1.54) is 6.07 Å². The van der Waals surface area contributed by atoms with Crippen LogP contribution in [0.15, 0.2) is 30.3 Å². The van der Waals surface area contributed by atoms with Crippen molar-refractivity contribution in [3.63, 3.8) is 0 Å². The third kappa shape index (κ3) is 3.34. The van der Waals surface area contributed by atoms with Crippen molar-refractivity contribution in [3.8, 4) is 0 Å². The lowest BCUT2D eigenvalue weighted by Crippen LogP contribution is -2.04. The second-order valence-electron chi connectivity index (χ2n) is 4.82. The van der Waals surface area contributed by atoms with Gasteiger partial charge in [-0.2, -0.15) is 0 Å². The van der Waals surface area contributed by atoms with E-state index in [-0.39, 0.29) is 23.7 Å². The molecular weight excluding hydrogens is 278 g/mol. The van der Waals surface area contributed by atoms with Crippen LogP contribution in [0.1, 0.15) is 16.7 Å². The Hall–Kier alpha value is -2.50. The molecule has 21 heavy (non-hydrogen) atoms. The number of halogens is 2. The number of aryl methyl sites for hydroxylation is 2. The van der Waals surface area contributed by atoms with Crippen LogP contribution in [0, 0.1) is 35.6 Å². The van der Waals surface area contributed by atoms with Crippen molar-refractivity contribution in [2.75, 3.05) is 5.32 Å². The SMILES string of the molecule is Cc1cc(CNc2ccc(F)cc2[N+](=O)[O-])cc(C)c1F. The summed E-state index contributed by atoms with van der Waals surface area (Å²) in [5.74, 6) is -0.924. The first-order valence-electron chi connectivity index (χ1n) is 6.32. The highest BCUT2D eigenvalue weighted by molar-refractivity contribution is 5.61. The number of hydrogen-bond donors (Lipinski definition) is 1. The van der Waals surface area contributed by atoms with E-state index in [0.717, 1.165) is 17.7 Å². The average Bonchev–Trinajstić information content (AvgIpc) is 2.43. The Morgan fingerprint density at radius 3 is 2.33 bits per heavy atom. The maximum absolute atomic E-state index is 13.5. The van der Waals surface area contributed by atoms with Gasteiger partial charge in [0.05, 0.1) is 11.0 Å². The zero-order chi connectivity index (χ0) is 15.6. The molecule has 2 aromatic rings. The van der Waals surface area contributed by atoms with Gasteiger partial charge in [0.2, 0.25) is 0 Å². The van der Waals surface area contributed by atoms with Crippen LogP contribution in [-0.4, -0.2) is 4.92 Å². The number of nitro groups is 1. The summed E-state index contributed by atoms with van der Waals surface area (Å²) in [4.78, 5) is 10.2. The molecule has 1 N–H and O–H groups in total. The molecule has 0 aliphatic rings. The van der Waals surface area contributed by atoms with Crippen molar-refractivity contribution >= 4 is 11.4 Å². The molecule has 0 atom stereocenters. The van der Waals surface area contributed by atoms with Crippen molar-refractivity contribution in [2.45, 2.75) is 20.4 Å². The Kier molecular flexibility index (Phi) is 4.16. The molecule has 0 amide bonds. The largest absolute Gasteiger partial charge is 0.375 e. The first-order chi connectivity index (χ1) is 9.88. The molecular formula is C15H14F2N2O2. The highest BCUT2D eigenvalue weighted by atomic mass is 19.1. The molecule has 0 saturated carbocycles. The Morgan fingerprint density at radius 1 is 1.14 bits per heavy atom. The van der Waals surface area contributed by atoms with E-state index in [2.05, 4.69) is 5.32 Å². The molecule has 0 fully saturated rings. The Bertz CT molecular complexity index is 679. The minimum Gasteiger partial charge on any atom is -0.375 e. The molecule has 4 nitrogen and oxygen atoms in total. The summed E-state index contributed by atoms with van der Waals surface area (Å²) in [6.07, 6.45) is 0. The van der Waals surface area contributed by atoms with E-state index in [9.17, 15) is 18.9 Å². The van der Waals surface area contributed by atoms with Gasteiger partial charge in [0.15, 0.2) is 0 Å². The van der Waals surface area contributed by atoms with Crippen LogP contribution < -0.4 is 5.32 Å². The number of rotatable bonds is 4. The van der Waals surface area contributed by atoms with Crippen molar-refractivity contribution in [1.82, 2.24) is 0 Å². The van der Waals surface area contributed by atoms with Crippen molar-refractivity contribution in [1.29, 1.82) is 0 Å². The number of nitrogens with one attached hydrogen (secondary N) is 1. The highest BCUT2D eigenvalue weighted by Crippen LogP contribution is 2.26. The smallest absolute Gasteiger partial charge is 0.295 e. The second kappa shape index (κ2) is 5.87. The predicted octanol–water partition coefficient (Wildman–Crippen LogP) is 4.10. The fraction of sp³-hybridized carbons (Fsp3) is 0.200. The van der Waals surface area contributed by atoms with E-state index in [0.29, 0.717) is 11.1 Å². The normalized spacial score (nSPS) is 10.5. The van der Waals surface area contributed by atoms with Crippen LogP contribution >= 0.6 is 0 Å². The molecule has 0 heterocycles. The lowest BCUT2D eigenvalue weighted by Gasteiger charge is -2.10. The standard InChI is InChI=1S/C15H14F2N2O2/c1-9-5-11(6-10(2)15(9)17)8-18-13-4-3-12(16)7-14(13)19(20)21/h3-7,18H,8H2,1-2H3. The summed E-state index contributed by atoms with van der Waals surface area (Å²) in [6.45, 7) is 3.60. The summed E-state index contributed by atoms with van der Waals surface area (Å²) >= 11 is 0. The van der Waals surface area contributed by atoms with Crippen LogP contribution in [0.3, 0.4) is 0 Å². The maximum atomic E-state index is 13.5. The highest BCUT2D eigenvalue weighted by Gasteiger charge is 2.14. The van der Waals surface area contributed by atoms with Gasteiger partial charge >= 0.3 is 0 Å². The lowest BCUT2D eigenvalue weighted by atomic mass is 10.1. The van der Waals surface area contributed by atoms with Gasteiger partial charge in [0, 0.05) is 6.54 Å². The van der Waals surface area contributed by atoms with Crippen molar-refractivity contribution < 1.29 is 13.7 Å². The Labute approximate surface area is 120 Å². The molecule has 0 aliphatic carbocycles. The monoisotopic (exact) mass is 292 g/mol. The molecule has 6 heteroatoms. The predicted molar refractivity (Wildman–Crippen MR) is 76.3 cm³/mol. The van der Waals surface area contributed by atoms with Crippen LogP contribution in [0.4, 0.5) is 20.2 Å². The van der Waals surface area contributed by atoms with E-state index in [1.54, 1.807) is 26.0 Å². The minimum absolute atomic E-state index is 0.223. The maximum Gasteiger partial charge on any atom is 0.295 e. The summed E-state index contributed by atoms with van der Waals surface area (Å²) < 4.78 is 26.6. The third-order valence-electron chi connectivity index (χ3n) is 3.14. The minimum atomic E-state index is -0.666. The van der Waals surface area contributed by atoms with Crippen molar-refractivity contribution in [3.05, 3.63) is 68.8 Å². The molecule has 0 aromatic heterocycles. The second-order valence-corrected chi connectivity index (χ2v) is 4.82. The lowest BCUT2D eigenvalue weighted by molar-refractivity contribution is -0.384. The topological polar surface area (TPSA) is 55.2 Å². The van der Waals surface area contributed by atoms with E-state index in [4.69, 9.17) is 0 Å². The molecule has 0 aliphatic heterocycles. The molecule has 2 rings (SSSR count). The number of nitro benzene ring substituents is 1. The first-order valence-corrected chi connectivity index (χ1v) is 6.32. The van der Waals surface area contributed by atoms with Crippen LogP contribution in [0.25, 0.3) is 0 Å². The fourth-order valence-electron chi connectivity index (χ4n) is 2.14. The zero-order valence-electron chi connectivity index (χ0n) is 11.6. The van der Waals surface area contributed by atoms with Crippen LogP contribution in [-0.2, 0) is 6.54 Å². The summed E-state index contributed by atoms with van der Waals surface area (Å²) in [5.41, 5.74) is 1.72. The molecule has 0 bridgehead atoms. The Balaban J connectivity index is 2.22. The van der Waals surface area contributed by atoms with Gasteiger partial charge in [-0.25, -0.2) is 8.78 Å². The van der Waals surface area contributed by atoms with Gasteiger partial charge in [-0.1, -0.05) is 12.1 Å². The first kappa shape index (κ1) is 14.9. The summed E-state index contributed by atoms with van der Waals surface area (Å²) in [7, 11) is 0. The van der Waals surface area contributed by atoms with Gasteiger partial charge in [-0.3, -0.25) is 10.1 Å². The fourth-order valence-corrected chi connectivity index (χ4v) is 2.14. The van der Waals surface area contributed by atoms with Crippen LogP contribution in [0.2, 0.25) is 0 Å². The van der Waals surface area contributed by atoms with E-state index >= 15 is 0 Å². The third-order valence-corrected chi connectivity index (χ3v) is 3.14. The molecule has 0 saturated heterocycles. The zero-order valence-corrected chi connectivity index (χ0v) is 11.6. The Morgan fingerprint density at radius 2 is 1.76 bits per heavy atom. The molecule has 110 valence electrons. The van der Waals surface area contributed by atoms with E-state index in [1.807, 2.05) is 0 Å². The molecule has 0 spiro atoms. The molecule has 0 unspecified atom stereocenters. The van der Waals surface area contributed by atoms with Gasteiger partial charge in [0.25, 0.3) is 5.69 Å². The van der Waals surface area contributed by atoms with E-state index < -0.39 is 10.7 Å². The summed E-state index contributed by atoms with van der Waals surface area (Å²) in [6, 6.07) is 6.67. The number of nitrogens with zero attached hydrogens (tertiary/aromatic N) is 1. The van der Waals surface area contributed by atoms with Gasteiger partial charge in [0.1, 0.15) is 17.3 Å². The molecule has 0 radical (unpaired) electrons. The van der Waals surface area contributed by atoms with Crippen LogP contribution in [0.5, 0.6) is 0 Å².